The first-order valence-electron chi connectivity index (χ1n) is 5.60. The summed E-state index contributed by atoms with van der Waals surface area (Å²) < 4.78 is 5.16. The highest BCUT2D eigenvalue weighted by Crippen LogP contribution is 2.21. The van der Waals surface area contributed by atoms with Crippen LogP contribution in [0.3, 0.4) is 0 Å². The lowest BCUT2D eigenvalue weighted by Gasteiger charge is -2.07. The van der Waals surface area contributed by atoms with Gasteiger partial charge in [-0.15, -0.1) is 0 Å². The van der Waals surface area contributed by atoms with E-state index in [9.17, 15) is 9.90 Å². The normalized spacial score (nSPS) is 10.1. The minimum atomic E-state index is -0.0687. The molecule has 0 bridgehead atoms. The molecule has 0 aliphatic carbocycles. The molecule has 0 atom stereocenters. The summed E-state index contributed by atoms with van der Waals surface area (Å²) in [5.41, 5.74) is 2.08. The molecule has 0 heterocycles. The van der Waals surface area contributed by atoms with Gasteiger partial charge in [-0.1, -0.05) is 0 Å². The SMILES string of the molecule is COc1ccc(C(=O)c2ccc(O)cc2)cc1C. The van der Waals surface area contributed by atoms with Gasteiger partial charge in [0.2, 0.25) is 0 Å². The number of methoxy groups -OCH3 is 1. The van der Waals surface area contributed by atoms with Gasteiger partial charge in [-0.25, -0.2) is 0 Å². The number of aryl methyl sites for hydroxylation is 1. The van der Waals surface area contributed by atoms with Crippen LogP contribution in [0.25, 0.3) is 0 Å². The average molecular weight is 242 g/mol. The summed E-state index contributed by atoms with van der Waals surface area (Å²) in [5.74, 6) is 0.843. The number of hydrogen-bond acceptors (Lipinski definition) is 3. The molecule has 0 fully saturated rings. The topological polar surface area (TPSA) is 46.5 Å². The summed E-state index contributed by atoms with van der Waals surface area (Å²) in [7, 11) is 1.60. The van der Waals surface area contributed by atoms with Crippen LogP contribution in [0.4, 0.5) is 0 Å². The molecule has 0 amide bonds. The Labute approximate surface area is 106 Å². The Morgan fingerprint density at radius 2 is 1.67 bits per heavy atom. The van der Waals surface area contributed by atoms with E-state index in [1.807, 2.05) is 6.92 Å². The largest absolute Gasteiger partial charge is 0.508 e. The molecule has 0 radical (unpaired) electrons. The highest BCUT2D eigenvalue weighted by molar-refractivity contribution is 6.09. The van der Waals surface area contributed by atoms with Crippen LogP contribution in [0.15, 0.2) is 42.5 Å². The fourth-order valence-corrected chi connectivity index (χ4v) is 1.80. The summed E-state index contributed by atoms with van der Waals surface area (Å²) >= 11 is 0. The maximum atomic E-state index is 12.2. The van der Waals surface area contributed by atoms with Gasteiger partial charge in [0.25, 0.3) is 0 Å². The first-order valence-corrected chi connectivity index (χ1v) is 5.60. The van der Waals surface area contributed by atoms with Crippen molar-refractivity contribution in [2.75, 3.05) is 7.11 Å². The summed E-state index contributed by atoms with van der Waals surface area (Å²) in [6.07, 6.45) is 0. The Bertz CT molecular complexity index is 571. The highest BCUT2D eigenvalue weighted by atomic mass is 16.5. The van der Waals surface area contributed by atoms with E-state index in [1.54, 1.807) is 37.4 Å². The summed E-state index contributed by atoms with van der Waals surface area (Å²) in [6, 6.07) is 11.5. The maximum absolute atomic E-state index is 12.2. The molecule has 2 aromatic carbocycles. The van der Waals surface area contributed by atoms with Gasteiger partial charge >= 0.3 is 0 Å². The molecule has 0 aliphatic rings. The number of phenols is 1. The van der Waals surface area contributed by atoms with E-state index in [0.29, 0.717) is 11.1 Å². The Hall–Kier alpha value is -2.29. The zero-order valence-corrected chi connectivity index (χ0v) is 10.3. The number of hydrogen-bond donors (Lipinski definition) is 1. The van der Waals surface area contributed by atoms with Gasteiger partial charge in [0.15, 0.2) is 5.78 Å². The predicted octanol–water partition coefficient (Wildman–Crippen LogP) is 2.94. The molecule has 0 aromatic heterocycles. The van der Waals surface area contributed by atoms with Crippen LogP contribution in [0.2, 0.25) is 0 Å². The molecule has 1 N–H and O–H groups in total. The zero-order valence-electron chi connectivity index (χ0n) is 10.3. The standard InChI is InChI=1S/C15H14O3/c1-10-9-12(5-8-14(10)18-2)15(17)11-3-6-13(16)7-4-11/h3-9,16H,1-2H3. The second kappa shape index (κ2) is 4.92. The minimum Gasteiger partial charge on any atom is -0.508 e. The summed E-state index contributed by atoms with van der Waals surface area (Å²) in [5, 5.41) is 9.19. The number of benzene rings is 2. The summed E-state index contributed by atoms with van der Waals surface area (Å²) in [6.45, 7) is 1.90. The van der Waals surface area contributed by atoms with Crippen LogP contribution in [0, 0.1) is 6.92 Å². The van der Waals surface area contributed by atoms with Crippen LogP contribution in [0.1, 0.15) is 21.5 Å². The van der Waals surface area contributed by atoms with Gasteiger partial charge < -0.3 is 9.84 Å². The first kappa shape index (κ1) is 12.2. The molecular weight excluding hydrogens is 228 g/mol. The van der Waals surface area contributed by atoms with E-state index >= 15 is 0 Å². The Morgan fingerprint density at radius 1 is 1.06 bits per heavy atom. The fraction of sp³-hybridized carbons (Fsp3) is 0.133. The van der Waals surface area contributed by atoms with E-state index in [-0.39, 0.29) is 11.5 Å². The third kappa shape index (κ3) is 2.35. The lowest BCUT2D eigenvalue weighted by molar-refractivity contribution is 0.103. The molecule has 0 saturated carbocycles. The van der Waals surface area contributed by atoms with Crippen molar-refractivity contribution in [2.45, 2.75) is 6.92 Å². The van der Waals surface area contributed by atoms with Gasteiger partial charge in [-0.05, 0) is 55.0 Å². The first-order chi connectivity index (χ1) is 8.61. The summed E-state index contributed by atoms with van der Waals surface area (Å²) in [4.78, 5) is 12.2. The molecule has 2 aromatic rings. The third-order valence-corrected chi connectivity index (χ3v) is 2.79. The van der Waals surface area contributed by atoms with Gasteiger partial charge in [-0.3, -0.25) is 4.79 Å². The van der Waals surface area contributed by atoms with Crippen molar-refractivity contribution in [3.63, 3.8) is 0 Å². The van der Waals surface area contributed by atoms with Crippen molar-refractivity contribution >= 4 is 5.78 Å². The van der Waals surface area contributed by atoms with Crippen molar-refractivity contribution in [3.8, 4) is 11.5 Å². The molecule has 0 saturated heterocycles. The lowest BCUT2D eigenvalue weighted by atomic mass is 10.0. The predicted molar refractivity (Wildman–Crippen MR) is 69.3 cm³/mol. The van der Waals surface area contributed by atoms with E-state index in [4.69, 9.17) is 4.74 Å². The fourth-order valence-electron chi connectivity index (χ4n) is 1.80. The zero-order chi connectivity index (χ0) is 13.1. The molecule has 0 aliphatic heterocycles. The Balaban J connectivity index is 2.34. The lowest BCUT2D eigenvalue weighted by Crippen LogP contribution is -2.01. The maximum Gasteiger partial charge on any atom is 0.193 e. The quantitative estimate of drug-likeness (QED) is 0.842. The number of rotatable bonds is 3. The minimum absolute atomic E-state index is 0.0687. The van der Waals surface area contributed by atoms with Crippen LogP contribution in [-0.4, -0.2) is 18.0 Å². The molecule has 18 heavy (non-hydrogen) atoms. The van der Waals surface area contributed by atoms with Gasteiger partial charge in [0.1, 0.15) is 11.5 Å². The third-order valence-electron chi connectivity index (χ3n) is 2.79. The van der Waals surface area contributed by atoms with Crippen molar-refractivity contribution in [3.05, 3.63) is 59.2 Å². The smallest absolute Gasteiger partial charge is 0.193 e. The number of phenolic OH excluding ortho intramolecular Hbond substituents is 1. The molecule has 3 heteroatoms. The second-order valence-electron chi connectivity index (χ2n) is 4.06. The van der Waals surface area contributed by atoms with Crippen LogP contribution in [-0.2, 0) is 0 Å². The van der Waals surface area contributed by atoms with Crippen molar-refractivity contribution in [1.29, 1.82) is 0 Å². The van der Waals surface area contributed by atoms with Crippen LogP contribution in [0.5, 0.6) is 11.5 Å². The molecule has 2 rings (SSSR count). The van der Waals surface area contributed by atoms with E-state index < -0.39 is 0 Å². The average Bonchev–Trinajstić information content (AvgIpc) is 2.38. The van der Waals surface area contributed by atoms with Crippen molar-refractivity contribution in [2.24, 2.45) is 0 Å². The number of ether oxygens (including phenoxy) is 1. The monoisotopic (exact) mass is 242 g/mol. The molecular formula is C15H14O3. The molecule has 0 unspecified atom stereocenters. The van der Waals surface area contributed by atoms with E-state index in [1.165, 1.54) is 12.1 Å². The number of carbonyl (C=O) groups excluding carboxylic acids is 1. The Kier molecular flexibility index (Phi) is 3.33. The van der Waals surface area contributed by atoms with Crippen molar-refractivity contribution in [1.82, 2.24) is 0 Å². The van der Waals surface area contributed by atoms with E-state index in [2.05, 4.69) is 0 Å². The highest BCUT2D eigenvalue weighted by Gasteiger charge is 2.10. The second-order valence-corrected chi connectivity index (χ2v) is 4.06. The molecule has 92 valence electrons. The van der Waals surface area contributed by atoms with Gasteiger partial charge in [0.05, 0.1) is 7.11 Å². The van der Waals surface area contributed by atoms with Gasteiger partial charge in [0, 0.05) is 11.1 Å². The van der Waals surface area contributed by atoms with Crippen LogP contribution >= 0.6 is 0 Å². The molecule has 3 nitrogen and oxygen atoms in total. The number of aromatic hydroxyl groups is 1. The Morgan fingerprint density at radius 3 is 2.22 bits per heavy atom. The molecule has 0 spiro atoms. The van der Waals surface area contributed by atoms with Crippen LogP contribution < -0.4 is 4.74 Å². The van der Waals surface area contributed by atoms with Gasteiger partial charge in [-0.2, -0.15) is 0 Å². The van der Waals surface area contributed by atoms with Crippen molar-refractivity contribution < 1.29 is 14.6 Å². The van der Waals surface area contributed by atoms with E-state index in [0.717, 1.165) is 11.3 Å². The number of ketones is 1. The number of carbonyl (C=O) groups is 1.